The van der Waals surface area contributed by atoms with Crippen LogP contribution in [-0.2, 0) is 0 Å². The molecule has 0 spiro atoms. The van der Waals surface area contributed by atoms with Gasteiger partial charge in [-0.15, -0.1) is 11.8 Å². The molecule has 1 saturated carbocycles. The molecule has 2 rings (SSSR count). The summed E-state index contributed by atoms with van der Waals surface area (Å²) in [5, 5.41) is 14.7. The highest BCUT2D eigenvalue weighted by Crippen LogP contribution is 2.41. The fraction of sp³-hybridized carbons (Fsp3) is 0.533. The van der Waals surface area contributed by atoms with E-state index >= 15 is 0 Å². The summed E-state index contributed by atoms with van der Waals surface area (Å²) in [6.45, 7) is 2.87. The Hall–Kier alpha value is -0.400. The van der Waals surface area contributed by atoms with Crippen molar-refractivity contribution in [2.75, 3.05) is 6.54 Å². The Bertz CT molecular complexity index is 511. The number of rotatable bonds is 4. The van der Waals surface area contributed by atoms with Crippen molar-refractivity contribution in [1.29, 1.82) is 5.26 Å². The molecule has 0 heterocycles. The number of nitrogens with one attached hydrogen (secondary N) is 1. The summed E-state index contributed by atoms with van der Waals surface area (Å²) < 4.78 is 0. The monoisotopic (exact) mass is 328 g/mol. The van der Waals surface area contributed by atoms with Gasteiger partial charge in [-0.05, 0) is 50.4 Å². The Morgan fingerprint density at radius 3 is 3.00 bits per heavy atom. The molecule has 0 saturated heterocycles. The molecule has 0 aliphatic heterocycles. The van der Waals surface area contributed by atoms with E-state index in [0.717, 1.165) is 42.1 Å². The molecule has 2 nitrogen and oxygen atoms in total. The van der Waals surface area contributed by atoms with E-state index < -0.39 is 0 Å². The van der Waals surface area contributed by atoms with E-state index in [1.54, 1.807) is 17.8 Å². The fourth-order valence-electron chi connectivity index (χ4n) is 2.71. The van der Waals surface area contributed by atoms with E-state index in [9.17, 15) is 5.26 Å². The molecule has 20 heavy (non-hydrogen) atoms. The quantitative estimate of drug-likeness (QED) is 0.853. The van der Waals surface area contributed by atoms with Gasteiger partial charge in [-0.1, -0.05) is 30.1 Å². The normalized spacial score (nSPS) is 26.2. The molecular weight excluding hydrogens is 311 g/mol. The van der Waals surface area contributed by atoms with Crippen LogP contribution in [-0.4, -0.2) is 17.3 Å². The van der Waals surface area contributed by atoms with Gasteiger partial charge < -0.3 is 0 Å². The highest BCUT2D eigenvalue weighted by Gasteiger charge is 2.36. The molecule has 2 unspecified atom stereocenters. The van der Waals surface area contributed by atoms with Gasteiger partial charge in [0.05, 0.1) is 11.1 Å². The molecule has 1 aliphatic rings. The first kappa shape index (κ1) is 16.0. The number of nitriles is 1. The van der Waals surface area contributed by atoms with Gasteiger partial charge in [0, 0.05) is 15.2 Å². The number of hydrogen-bond acceptors (Lipinski definition) is 3. The summed E-state index contributed by atoms with van der Waals surface area (Å²) in [5.41, 5.74) is -0.379. The third-order valence-corrected chi connectivity index (χ3v) is 5.63. The minimum absolute atomic E-state index is 0.379. The zero-order valence-corrected chi connectivity index (χ0v) is 13.8. The van der Waals surface area contributed by atoms with E-state index in [2.05, 4.69) is 11.4 Å². The number of halogens is 2. The zero-order valence-electron chi connectivity index (χ0n) is 11.5. The van der Waals surface area contributed by atoms with E-state index in [4.69, 9.17) is 23.2 Å². The highest BCUT2D eigenvalue weighted by molar-refractivity contribution is 8.00. The van der Waals surface area contributed by atoms with Crippen molar-refractivity contribution in [3.05, 3.63) is 28.2 Å². The Morgan fingerprint density at radius 1 is 1.50 bits per heavy atom. The summed E-state index contributed by atoms with van der Waals surface area (Å²) in [7, 11) is 0. The summed E-state index contributed by atoms with van der Waals surface area (Å²) in [6, 6.07) is 8.01. The second-order valence-electron chi connectivity index (χ2n) is 5.14. The van der Waals surface area contributed by atoms with E-state index in [-0.39, 0.29) is 5.54 Å². The first-order valence-corrected chi connectivity index (χ1v) is 8.50. The van der Waals surface area contributed by atoms with Crippen LogP contribution in [0.15, 0.2) is 23.1 Å². The average Bonchev–Trinajstić information content (AvgIpc) is 2.44. The Kier molecular flexibility index (Phi) is 5.63. The number of nitrogens with zero attached hydrogens (tertiary/aromatic N) is 1. The molecule has 0 amide bonds. The Morgan fingerprint density at radius 2 is 2.30 bits per heavy atom. The minimum Gasteiger partial charge on any atom is -0.300 e. The number of benzene rings is 1. The van der Waals surface area contributed by atoms with Crippen molar-refractivity contribution in [3.8, 4) is 6.07 Å². The Labute approximate surface area is 134 Å². The molecule has 108 valence electrons. The van der Waals surface area contributed by atoms with Crippen molar-refractivity contribution in [3.63, 3.8) is 0 Å². The van der Waals surface area contributed by atoms with Crippen LogP contribution < -0.4 is 5.32 Å². The zero-order chi connectivity index (χ0) is 14.6. The van der Waals surface area contributed by atoms with Gasteiger partial charge in [-0.2, -0.15) is 5.26 Å². The fourth-order valence-corrected chi connectivity index (χ4v) is 4.59. The molecule has 0 bridgehead atoms. The third-order valence-electron chi connectivity index (χ3n) is 3.62. The van der Waals surface area contributed by atoms with Crippen LogP contribution in [0.1, 0.15) is 32.6 Å². The van der Waals surface area contributed by atoms with E-state index in [0.29, 0.717) is 10.3 Å². The van der Waals surface area contributed by atoms with Gasteiger partial charge in [0.1, 0.15) is 5.54 Å². The van der Waals surface area contributed by atoms with Gasteiger partial charge in [0.15, 0.2) is 0 Å². The SMILES string of the molecule is CCNC1(C#N)CCCC(Sc2cc(Cl)ccc2Cl)C1. The Balaban J connectivity index is 2.10. The molecule has 1 N–H and O–H groups in total. The first-order valence-electron chi connectivity index (χ1n) is 6.86. The van der Waals surface area contributed by atoms with E-state index in [1.165, 1.54) is 0 Å². The van der Waals surface area contributed by atoms with Gasteiger partial charge in [0.25, 0.3) is 0 Å². The second-order valence-corrected chi connectivity index (χ2v) is 7.32. The van der Waals surface area contributed by atoms with Crippen molar-refractivity contribution in [1.82, 2.24) is 5.32 Å². The lowest BCUT2D eigenvalue weighted by Crippen LogP contribution is -2.48. The lowest BCUT2D eigenvalue weighted by molar-refractivity contribution is 0.309. The van der Waals surface area contributed by atoms with Crippen LogP contribution in [0.4, 0.5) is 0 Å². The molecule has 0 aromatic heterocycles. The predicted octanol–water partition coefficient (Wildman–Crippen LogP) is 4.90. The van der Waals surface area contributed by atoms with Crippen LogP contribution in [0, 0.1) is 11.3 Å². The molecular formula is C15H18Cl2N2S. The van der Waals surface area contributed by atoms with E-state index in [1.807, 2.05) is 19.1 Å². The summed E-state index contributed by atoms with van der Waals surface area (Å²) >= 11 is 14.0. The highest BCUT2D eigenvalue weighted by atomic mass is 35.5. The largest absolute Gasteiger partial charge is 0.300 e. The number of hydrogen-bond donors (Lipinski definition) is 1. The minimum atomic E-state index is -0.379. The van der Waals surface area contributed by atoms with Crippen molar-refractivity contribution in [2.24, 2.45) is 0 Å². The van der Waals surface area contributed by atoms with Crippen molar-refractivity contribution in [2.45, 2.75) is 48.3 Å². The van der Waals surface area contributed by atoms with Gasteiger partial charge in [-0.25, -0.2) is 0 Å². The summed E-state index contributed by atoms with van der Waals surface area (Å²) in [6.07, 6.45) is 3.96. The smallest absolute Gasteiger partial charge is 0.107 e. The first-order chi connectivity index (χ1) is 9.58. The van der Waals surface area contributed by atoms with Gasteiger partial charge in [-0.3, -0.25) is 5.32 Å². The standard InChI is InChI=1S/C15H18Cl2N2S/c1-2-19-15(10-18)7-3-4-12(9-15)20-14-8-11(16)5-6-13(14)17/h5-6,8,12,19H,2-4,7,9H2,1H3. The van der Waals surface area contributed by atoms with Crippen LogP contribution in [0.5, 0.6) is 0 Å². The third kappa shape index (κ3) is 3.83. The van der Waals surface area contributed by atoms with Crippen LogP contribution >= 0.6 is 35.0 Å². The van der Waals surface area contributed by atoms with Crippen LogP contribution in [0.2, 0.25) is 10.0 Å². The predicted molar refractivity (Wildman–Crippen MR) is 86.6 cm³/mol. The van der Waals surface area contributed by atoms with Crippen LogP contribution in [0.25, 0.3) is 0 Å². The molecule has 1 aromatic rings. The second kappa shape index (κ2) is 7.04. The molecule has 1 aromatic carbocycles. The lowest BCUT2D eigenvalue weighted by atomic mass is 9.82. The van der Waals surface area contributed by atoms with Gasteiger partial charge in [0.2, 0.25) is 0 Å². The lowest BCUT2D eigenvalue weighted by Gasteiger charge is -2.36. The molecule has 2 atom stereocenters. The maximum absolute atomic E-state index is 9.49. The summed E-state index contributed by atoms with van der Waals surface area (Å²) in [5.74, 6) is 0. The average molecular weight is 329 g/mol. The summed E-state index contributed by atoms with van der Waals surface area (Å²) in [4.78, 5) is 1.01. The van der Waals surface area contributed by atoms with Crippen molar-refractivity contribution < 1.29 is 0 Å². The van der Waals surface area contributed by atoms with Gasteiger partial charge >= 0.3 is 0 Å². The molecule has 1 fully saturated rings. The topological polar surface area (TPSA) is 35.8 Å². The molecule has 5 heteroatoms. The maximum atomic E-state index is 9.49. The van der Waals surface area contributed by atoms with Crippen molar-refractivity contribution >= 4 is 35.0 Å². The molecule has 0 radical (unpaired) electrons. The maximum Gasteiger partial charge on any atom is 0.107 e. The molecule has 1 aliphatic carbocycles. The van der Waals surface area contributed by atoms with Crippen LogP contribution in [0.3, 0.4) is 0 Å². The number of thioether (sulfide) groups is 1.